The number of halogens is 1. The molecule has 0 spiro atoms. The number of nitrogens with one attached hydrogen (secondary N) is 1. The van der Waals surface area contributed by atoms with Gasteiger partial charge in [0.15, 0.2) is 0 Å². The molecule has 4 nitrogen and oxygen atoms in total. The highest BCUT2D eigenvalue weighted by molar-refractivity contribution is 8.00. The van der Waals surface area contributed by atoms with E-state index in [4.69, 9.17) is 0 Å². The molecule has 2 aromatic heterocycles. The van der Waals surface area contributed by atoms with Crippen LogP contribution in [0.3, 0.4) is 0 Å². The molecule has 0 radical (unpaired) electrons. The van der Waals surface area contributed by atoms with Gasteiger partial charge in [0.25, 0.3) is 0 Å². The van der Waals surface area contributed by atoms with Gasteiger partial charge in [0, 0.05) is 10.3 Å². The van der Waals surface area contributed by atoms with Crippen molar-refractivity contribution in [1.29, 1.82) is 0 Å². The largest absolute Gasteiger partial charge is 0.349 e. The summed E-state index contributed by atoms with van der Waals surface area (Å²) in [5, 5.41) is 4.80. The van der Waals surface area contributed by atoms with Crippen molar-refractivity contribution in [3.8, 4) is 0 Å². The molecule has 3 aromatic rings. The average Bonchev–Trinajstić information content (AvgIpc) is 2.88. The van der Waals surface area contributed by atoms with Gasteiger partial charge >= 0.3 is 0 Å². The highest BCUT2D eigenvalue weighted by Gasteiger charge is 2.15. The number of thioether (sulfide) groups is 1. The van der Waals surface area contributed by atoms with Gasteiger partial charge in [-0.1, -0.05) is 23.9 Å². The van der Waals surface area contributed by atoms with Crippen LogP contribution < -0.4 is 5.32 Å². The predicted molar refractivity (Wildman–Crippen MR) is 101 cm³/mol. The summed E-state index contributed by atoms with van der Waals surface area (Å²) in [6, 6.07) is 5.97. The Morgan fingerprint density at radius 2 is 2.00 bits per heavy atom. The molecule has 1 N–H and O–H groups in total. The summed E-state index contributed by atoms with van der Waals surface area (Å²) < 4.78 is 13.0. The van der Waals surface area contributed by atoms with Crippen LogP contribution in [0.4, 0.5) is 4.39 Å². The lowest BCUT2D eigenvalue weighted by molar-refractivity contribution is -0.119. The van der Waals surface area contributed by atoms with Crippen molar-refractivity contribution in [2.75, 3.05) is 5.75 Å². The van der Waals surface area contributed by atoms with E-state index in [9.17, 15) is 9.18 Å². The van der Waals surface area contributed by atoms with Crippen molar-refractivity contribution in [2.45, 2.75) is 31.8 Å². The van der Waals surface area contributed by atoms with Crippen LogP contribution in [-0.2, 0) is 4.79 Å². The molecule has 7 heteroatoms. The van der Waals surface area contributed by atoms with Crippen molar-refractivity contribution >= 4 is 39.2 Å². The standard InChI is InChI=1S/C18H18FN3OS2/c1-10-12(3)25-18-16(10)17(20-9-21-18)24-8-15(23)22-11(2)13-4-6-14(19)7-5-13/h4-7,9,11H,8H2,1-3H3,(H,22,23). The van der Waals surface area contributed by atoms with Gasteiger partial charge in [-0.2, -0.15) is 0 Å². The Morgan fingerprint density at radius 3 is 2.72 bits per heavy atom. The molecule has 1 amide bonds. The third kappa shape index (κ3) is 3.99. The number of hydrogen-bond donors (Lipinski definition) is 1. The van der Waals surface area contributed by atoms with Crippen molar-refractivity contribution < 1.29 is 9.18 Å². The maximum absolute atomic E-state index is 13.0. The number of fused-ring (bicyclic) bond motifs is 1. The van der Waals surface area contributed by atoms with Gasteiger partial charge in [-0.3, -0.25) is 4.79 Å². The fourth-order valence-corrected chi connectivity index (χ4v) is 4.44. The number of rotatable bonds is 5. The third-order valence-corrected chi connectivity index (χ3v) is 6.12. The summed E-state index contributed by atoms with van der Waals surface area (Å²) >= 11 is 3.05. The number of amides is 1. The molecule has 1 aromatic carbocycles. The second kappa shape index (κ2) is 7.49. The SMILES string of the molecule is Cc1sc2ncnc(SCC(=O)NC(C)c3ccc(F)cc3)c2c1C. The van der Waals surface area contributed by atoms with Crippen LogP contribution in [0.1, 0.15) is 29.0 Å². The monoisotopic (exact) mass is 375 g/mol. The highest BCUT2D eigenvalue weighted by atomic mass is 32.2. The first-order valence-electron chi connectivity index (χ1n) is 7.84. The van der Waals surface area contributed by atoms with E-state index >= 15 is 0 Å². The average molecular weight is 375 g/mol. The molecule has 25 heavy (non-hydrogen) atoms. The number of benzene rings is 1. The van der Waals surface area contributed by atoms with Gasteiger partial charge in [-0.05, 0) is 44.0 Å². The minimum absolute atomic E-state index is 0.0850. The van der Waals surface area contributed by atoms with Gasteiger partial charge in [0.2, 0.25) is 5.91 Å². The van der Waals surface area contributed by atoms with Crippen molar-refractivity contribution in [1.82, 2.24) is 15.3 Å². The van der Waals surface area contributed by atoms with Gasteiger partial charge in [-0.25, -0.2) is 14.4 Å². The predicted octanol–water partition coefficient (Wildman–Crippen LogP) is 4.42. The second-order valence-electron chi connectivity index (χ2n) is 5.77. The number of carbonyl (C=O) groups is 1. The van der Waals surface area contributed by atoms with Crippen LogP contribution in [0.15, 0.2) is 35.6 Å². The molecule has 0 saturated heterocycles. The Bertz CT molecular complexity index is 909. The van der Waals surface area contributed by atoms with Gasteiger partial charge < -0.3 is 5.32 Å². The summed E-state index contributed by atoms with van der Waals surface area (Å²) in [4.78, 5) is 23.1. The Morgan fingerprint density at radius 1 is 1.28 bits per heavy atom. The van der Waals surface area contributed by atoms with E-state index in [2.05, 4.69) is 29.1 Å². The summed E-state index contributed by atoms with van der Waals surface area (Å²) in [6.45, 7) is 6.00. The summed E-state index contributed by atoms with van der Waals surface area (Å²) in [6.07, 6.45) is 1.54. The molecular weight excluding hydrogens is 357 g/mol. The van der Waals surface area contributed by atoms with Gasteiger partial charge in [0.05, 0.1) is 11.8 Å². The molecule has 1 atom stereocenters. The number of nitrogens with zero attached hydrogens (tertiary/aromatic N) is 2. The lowest BCUT2D eigenvalue weighted by Crippen LogP contribution is -2.28. The molecule has 0 saturated carbocycles. The van der Waals surface area contributed by atoms with Crippen molar-refractivity contribution in [3.63, 3.8) is 0 Å². The molecule has 0 aliphatic heterocycles. The molecule has 1 unspecified atom stereocenters. The number of thiophene rings is 1. The molecule has 0 aliphatic rings. The molecule has 2 heterocycles. The first kappa shape index (κ1) is 17.8. The molecule has 0 aliphatic carbocycles. The first-order valence-corrected chi connectivity index (χ1v) is 9.64. The number of hydrogen-bond acceptors (Lipinski definition) is 5. The number of carbonyl (C=O) groups excluding carboxylic acids is 1. The minimum Gasteiger partial charge on any atom is -0.349 e. The van der Waals surface area contributed by atoms with Crippen LogP contribution in [-0.4, -0.2) is 21.6 Å². The van der Waals surface area contributed by atoms with E-state index in [0.717, 1.165) is 20.8 Å². The normalized spacial score (nSPS) is 12.3. The quantitative estimate of drug-likeness (QED) is 0.530. The fraction of sp³-hybridized carbons (Fsp3) is 0.278. The zero-order valence-electron chi connectivity index (χ0n) is 14.2. The topological polar surface area (TPSA) is 54.9 Å². The lowest BCUT2D eigenvalue weighted by atomic mass is 10.1. The number of aryl methyl sites for hydroxylation is 2. The maximum Gasteiger partial charge on any atom is 0.230 e. The van der Waals surface area contributed by atoms with Gasteiger partial charge in [0.1, 0.15) is 22.0 Å². The minimum atomic E-state index is -0.285. The van der Waals surface area contributed by atoms with Gasteiger partial charge in [-0.15, -0.1) is 11.3 Å². The second-order valence-corrected chi connectivity index (χ2v) is 7.94. The number of aromatic nitrogens is 2. The maximum atomic E-state index is 13.0. The lowest BCUT2D eigenvalue weighted by Gasteiger charge is -2.14. The zero-order chi connectivity index (χ0) is 18.0. The summed E-state index contributed by atoms with van der Waals surface area (Å²) in [5.41, 5.74) is 2.04. The van der Waals surface area contributed by atoms with E-state index in [1.807, 2.05) is 6.92 Å². The molecule has 0 bridgehead atoms. The van der Waals surface area contributed by atoms with Crippen LogP contribution in [0.5, 0.6) is 0 Å². The van der Waals surface area contributed by atoms with E-state index in [1.165, 1.54) is 34.3 Å². The molecule has 3 rings (SSSR count). The summed E-state index contributed by atoms with van der Waals surface area (Å²) in [5.74, 6) is -0.100. The van der Waals surface area contributed by atoms with Crippen LogP contribution in [0.2, 0.25) is 0 Å². The van der Waals surface area contributed by atoms with E-state index in [1.54, 1.807) is 29.8 Å². The Kier molecular flexibility index (Phi) is 5.34. The molecular formula is C18H18FN3OS2. The molecule has 0 fully saturated rings. The van der Waals surface area contributed by atoms with Crippen molar-refractivity contribution in [2.24, 2.45) is 0 Å². The summed E-state index contributed by atoms with van der Waals surface area (Å²) in [7, 11) is 0. The Balaban J connectivity index is 1.65. The van der Waals surface area contributed by atoms with E-state index in [-0.39, 0.29) is 23.5 Å². The Labute approximate surface area is 153 Å². The van der Waals surface area contributed by atoms with E-state index < -0.39 is 0 Å². The molecule has 130 valence electrons. The first-order chi connectivity index (χ1) is 12.0. The van der Waals surface area contributed by atoms with Crippen molar-refractivity contribution in [3.05, 3.63) is 52.4 Å². The van der Waals surface area contributed by atoms with Crippen LogP contribution in [0, 0.1) is 19.7 Å². The smallest absolute Gasteiger partial charge is 0.230 e. The van der Waals surface area contributed by atoms with Crippen LogP contribution >= 0.6 is 23.1 Å². The van der Waals surface area contributed by atoms with Crippen LogP contribution in [0.25, 0.3) is 10.2 Å². The highest BCUT2D eigenvalue weighted by Crippen LogP contribution is 2.34. The van der Waals surface area contributed by atoms with E-state index in [0.29, 0.717) is 0 Å². The Hall–Kier alpha value is -1.99. The zero-order valence-corrected chi connectivity index (χ0v) is 15.8. The fourth-order valence-electron chi connectivity index (χ4n) is 2.51. The third-order valence-electron chi connectivity index (χ3n) is 4.02.